The van der Waals surface area contributed by atoms with Crippen LogP contribution < -0.4 is 4.90 Å². The van der Waals surface area contributed by atoms with Crippen molar-refractivity contribution < 1.29 is 18.7 Å². The van der Waals surface area contributed by atoms with Crippen molar-refractivity contribution in [3.63, 3.8) is 0 Å². The van der Waals surface area contributed by atoms with Crippen LogP contribution in [0.25, 0.3) is 0 Å². The number of nitrogens with zero attached hydrogens (tertiary/aromatic N) is 1. The summed E-state index contributed by atoms with van der Waals surface area (Å²) in [7, 11) is 0. The molecule has 0 radical (unpaired) electrons. The molecule has 1 aromatic rings. The minimum absolute atomic E-state index is 0.171. The van der Waals surface area contributed by atoms with Crippen molar-refractivity contribution in [2.45, 2.75) is 32.1 Å². The maximum Gasteiger partial charge on any atom is 0.338 e. The minimum Gasteiger partial charge on any atom is -0.478 e. The van der Waals surface area contributed by atoms with Gasteiger partial charge in [0.1, 0.15) is 0 Å². The molecule has 1 heterocycles. The Morgan fingerprint density at radius 2 is 1.58 bits per heavy atom. The molecule has 1 aromatic carbocycles. The second kappa shape index (κ2) is 5.99. The highest BCUT2D eigenvalue weighted by molar-refractivity contribution is 5.88. The number of rotatable bonds is 2. The third kappa shape index (κ3) is 3.03. The predicted molar refractivity (Wildman–Crippen MR) is 68.6 cm³/mol. The molecule has 104 valence electrons. The zero-order valence-corrected chi connectivity index (χ0v) is 10.7. The number of carboxylic acids is 1. The molecule has 1 aliphatic heterocycles. The van der Waals surface area contributed by atoms with Crippen molar-refractivity contribution in [2.24, 2.45) is 0 Å². The Labute approximate surface area is 110 Å². The van der Waals surface area contributed by atoms with Crippen LogP contribution in [0.1, 0.15) is 42.5 Å². The lowest BCUT2D eigenvalue weighted by molar-refractivity contribution is 0.0690. The van der Waals surface area contributed by atoms with E-state index in [1.165, 1.54) is 12.5 Å². The summed E-state index contributed by atoms with van der Waals surface area (Å²) in [6.07, 6.45) is 5.26. The molecular weight excluding hydrogens is 252 g/mol. The summed E-state index contributed by atoms with van der Waals surface area (Å²) in [6.45, 7) is 1.37. The number of benzene rings is 1. The number of aromatic carboxylic acids is 1. The summed E-state index contributed by atoms with van der Waals surface area (Å²) in [4.78, 5) is 12.6. The van der Waals surface area contributed by atoms with Gasteiger partial charge in [-0.3, -0.25) is 0 Å². The lowest BCUT2D eigenvalue weighted by Gasteiger charge is -2.27. The van der Waals surface area contributed by atoms with Crippen LogP contribution in [0.5, 0.6) is 0 Å². The molecule has 5 heteroatoms. The van der Waals surface area contributed by atoms with Gasteiger partial charge in [0, 0.05) is 13.1 Å². The fourth-order valence-electron chi connectivity index (χ4n) is 2.44. The van der Waals surface area contributed by atoms with Crippen LogP contribution in [0.4, 0.5) is 14.5 Å². The van der Waals surface area contributed by atoms with E-state index >= 15 is 0 Å². The number of hydrogen-bond acceptors (Lipinski definition) is 2. The molecule has 0 saturated carbocycles. The Balaban J connectivity index is 2.28. The summed E-state index contributed by atoms with van der Waals surface area (Å²) in [6, 6.07) is 2.50. The standard InChI is InChI=1S/C14H17F2NO2/c15-12-10(14(18)19)6-7-11(13(12)16)17-8-4-2-1-3-5-9-17/h6-7H,1-5,8-9H2,(H,18,19). The zero-order valence-electron chi connectivity index (χ0n) is 10.7. The van der Waals surface area contributed by atoms with E-state index in [1.54, 1.807) is 0 Å². The molecule has 1 fully saturated rings. The van der Waals surface area contributed by atoms with Gasteiger partial charge in [0.05, 0.1) is 11.3 Å². The van der Waals surface area contributed by atoms with Gasteiger partial charge < -0.3 is 10.0 Å². The van der Waals surface area contributed by atoms with E-state index in [-0.39, 0.29) is 5.69 Å². The van der Waals surface area contributed by atoms with Crippen LogP contribution in [-0.2, 0) is 0 Å². The molecule has 1 N–H and O–H groups in total. The van der Waals surface area contributed by atoms with Crippen molar-refractivity contribution in [3.05, 3.63) is 29.3 Å². The van der Waals surface area contributed by atoms with Gasteiger partial charge in [0.2, 0.25) is 0 Å². The Morgan fingerprint density at radius 1 is 1.00 bits per heavy atom. The van der Waals surface area contributed by atoms with Crippen LogP contribution in [0, 0.1) is 11.6 Å². The van der Waals surface area contributed by atoms with E-state index in [0.717, 1.165) is 31.7 Å². The lowest BCUT2D eigenvalue weighted by atomic mass is 10.1. The highest BCUT2D eigenvalue weighted by Gasteiger charge is 2.21. The first-order valence-corrected chi connectivity index (χ1v) is 6.57. The molecular formula is C14H17F2NO2. The SMILES string of the molecule is O=C(O)c1ccc(N2CCCCCCC2)c(F)c1F. The van der Waals surface area contributed by atoms with Crippen LogP contribution >= 0.6 is 0 Å². The molecule has 0 bridgehead atoms. The van der Waals surface area contributed by atoms with Gasteiger partial charge in [-0.25, -0.2) is 13.6 Å². The smallest absolute Gasteiger partial charge is 0.338 e. The summed E-state index contributed by atoms with van der Waals surface area (Å²) in [5, 5.41) is 8.75. The maximum atomic E-state index is 14.0. The van der Waals surface area contributed by atoms with Gasteiger partial charge in [-0.15, -0.1) is 0 Å². The fraction of sp³-hybridized carbons (Fsp3) is 0.500. The Morgan fingerprint density at radius 3 is 2.16 bits per heavy atom. The van der Waals surface area contributed by atoms with Gasteiger partial charge in [0.15, 0.2) is 11.6 Å². The van der Waals surface area contributed by atoms with E-state index in [9.17, 15) is 13.6 Å². The van der Waals surface area contributed by atoms with Gasteiger partial charge in [-0.1, -0.05) is 19.3 Å². The van der Waals surface area contributed by atoms with Crippen molar-refractivity contribution >= 4 is 11.7 Å². The predicted octanol–water partition coefficient (Wildman–Crippen LogP) is 3.43. The van der Waals surface area contributed by atoms with E-state index in [2.05, 4.69) is 0 Å². The van der Waals surface area contributed by atoms with Gasteiger partial charge >= 0.3 is 5.97 Å². The summed E-state index contributed by atoms with van der Waals surface area (Å²) >= 11 is 0. The molecule has 0 aromatic heterocycles. The molecule has 0 aliphatic carbocycles. The highest BCUT2D eigenvalue weighted by Crippen LogP contribution is 2.26. The first-order chi connectivity index (χ1) is 9.11. The normalized spacial score (nSPS) is 16.8. The van der Waals surface area contributed by atoms with Crippen LogP contribution in [0.3, 0.4) is 0 Å². The monoisotopic (exact) mass is 269 g/mol. The first kappa shape index (κ1) is 13.8. The fourth-order valence-corrected chi connectivity index (χ4v) is 2.44. The number of carboxylic acid groups (broad SMARTS) is 1. The average Bonchev–Trinajstić information content (AvgIpc) is 2.32. The molecule has 0 unspecified atom stereocenters. The average molecular weight is 269 g/mol. The maximum absolute atomic E-state index is 14.0. The number of anilines is 1. The van der Waals surface area contributed by atoms with E-state index in [0.29, 0.717) is 13.1 Å². The summed E-state index contributed by atoms with van der Waals surface area (Å²) in [5.74, 6) is -3.77. The Hall–Kier alpha value is -1.65. The van der Waals surface area contributed by atoms with E-state index in [4.69, 9.17) is 5.11 Å². The number of hydrogen-bond donors (Lipinski definition) is 1. The lowest BCUT2D eigenvalue weighted by Crippen LogP contribution is -2.28. The number of halogens is 2. The van der Waals surface area contributed by atoms with Gasteiger partial charge in [0.25, 0.3) is 0 Å². The van der Waals surface area contributed by atoms with Crippen molar-refractivity contribution in [1.82, 2.24) is 0 Å². The topological polar surface area (TPSA) is 40.5 Å². The minimum atomic E-state index is -1.45. The van der Waals surface area contributed by atoms with Crippen LogP contribution in [0.15, 0.2) is 12.1 Å². The third-order valence-corrected chi connectivity index (χ3v) is 3.49. The van der Waals surface area contributed by atoms with Crippen LogP contribution in [-0.4, -0.2) is 24.2 Å². The van der Waals surface area contributed by atoms with Crippen molar-refractivity contribution in [3.8, 4) is 0 Å². The quantitative estimate of drug-likeness (QED) is 0.894. The van der Waals surface area contributed by atoms with Crippen LogP contribution in [0.2, 0.25) is 0 Å². The highest BCUT2D eigenvalue weighted by atomic mass is 19.2. The molecule has 0 amide bonds. The summed E-state index contributed by atoms with van der Waals surface area (Å²) < 4.78 is 27.6. The van der Waals surface area contributed by atoms with Crippen molar-refractivity contribution in [2.75, 3.05) is 18.0 Å². The molecule has 2 rings (SSSR count). The third-order valence-electron chi connectivity index (χ3n) is 3.49. The van der Waals surface area contributed by atoms with E-state index in [1.807, 2.05) is 4.90 Å². The molecule has 0 spiro atoms. The number of carbonyl (C=O) groups is 1. The Bertz CT molecular complexity index is 469. The van der Waals surface area contributed by atoms with Gasteiger partial charge in [-0.05, 0) is 25.0 Å². The largest absolute Gasteiger partial charge is 0.478 e. The Kier molecular flexibility index (Phi) is 4.35. The zero-order chi connectivity index (χ0) is 13.8. The second-order valence-corrected chi connectivity index (χ2v) is 4.82. The molecule has 1 saturated heterocycles. The first-order valence-electron chi connectivity index (χ1n) is 6.57. The van der Waals surface area contributed by atoms with E-state index < -0.39 is 23.2 Å². The molecule has 0 atom stereocenters. The molecule has 3 nitrogen and oxygen atoms in total. The molecule has 1 aliphatic rings. The summed E-state index contributed by atoms with van der Waals surface area (Å²) in [5.41, 5.74) is -0.447. The van der Waals surface area contributed by atoms with Crippen molar-refractivity contribution in [1.29, 1.82) is 0 Å². The van der Waals surface area contributed by atoms with Gasteiger partial charge in [-0.2, -0.15) is 0 Å². The second-order valence-electron chi connectivity index (χ2n) is 4.82. The molecule has 19 heavy (non-hydrogen) atoms.